The number of esters is 1. The molecule has 2 aromatic carbocycles. The van der Waals surface area contributed by atoms with Crippen LogP contribution in [-0.4, -0.2) is 48.4 Å². The maximum atomic E-state index is 12.2. The molecule has 1 amide bonds. The average Bonchev–Trinajstić information content (AvgIpc) is 3.26. The van der Waals surface area contributed by atoms with E-state index in [-0.39, 0.29) is 17.9 Å². The molecule has 0 radical (unpaired) electrons. The van der Waals surface area contributed by atoms with Crippen LogP contribution < -0.4 is 0 Å². The minimum atomic E-state index is -0.308. The van der Waals surface area contributed by atoms with Crippen molar-refractivity contribution in [2.45, 2.75) is 19.5 Å². The minimum absolute atomic E-state index is 0.160. The fourth-order valence-electron chi connectivity index (χ4n) is 4.79. The third-order valence-electron chi connectivity index (χ3n) is 6.07. The molecule has 28 heavy (non-hydrogen) atoms. The van der Waals surface area contributed by atoms with E-state index in [0.717, 1.165) is 26.2 Å². The highest BCUT2D eigenvalue weighted by Gasteiger charge is 2.48. The predicted octanol–water partition coefficient (Wildman–Crippen LogP) is 3.12. The Balaban J connectivity index is 1.47. The van der Waals surface area contributed by atoms with E-state index in [0.29, 0.717) is 17.4 Å². The zero-order valence-electron chi connectivity index (χ0n) is 16.4. The highest BCUT2D eigenvalue weighted by atomic mass is 16.5. The number of benzene rings is 2. The Kier molecular flexibility index (Phi) is 5.18. The topological polar surface area (TPSA) is 49.9 Å². The van der Waals surface area contributed by atoms with Gasteiger partial charge in [-0.2, -0.15) is 0 Å². The first-order valence-electron chi connectivity index (χ1n) is 9.78. The van der Waals surface area contributed by atoms with Crippen LogP contribution in [0.2, 0.25) is 0 Å². The van der Waals surface area contributed by atoms with Crippen LogP contribution in [-0.2, 0) is 16.1 Å². The average molecular weight is 378 g/mol. The molecule has 0 N–H and O–H groups in total. The lowest BCUT2D eigenvalue weighted by Crippen LogP contribution is -2.34. The van der Waals surface area contributed by atoms with Gasteiger partial charge in [0.2, 0.25) is 5.91 Å². The highest BCUT2D eigenvalue weighted by molar-refractivity contribution is 5.89. The summed E-state index contributed by atoms with van der Waals surface area (Å²) in [5.41, 5.74) is 2.99. The van der Waals surface area contributed by atoms with Gasteiger partial charge in [0, 0.05) is 39.0 Å². The first kappa shape index (κ1) is 18.7. The molecular formula is C23H26N2O3. The first-order valence-corrected chi connectivity index (χ1v) is 9.78. The number of carbonyl (C=O) groups excluding carboxylic acids is 2. The van der Waals surface area contributed by atoms with Gasteiger partial charge in [-0.1, -0.05) is 42.5 Å². The van der Waals surface area contributed by atoms with Gasteiger partial charge in [0.15, 0.2) is 0 Å². The number of nitrogens with zero attached hydrogens (tertiary/aromatic N) is 2. The summed E-state index contributed by atoms with van der Waals surface area (Å²) in [6, 6.07) is 18.2. The second kappa shape index (κ2) is 7.76. The third kappa shape index (κ3) is 3.54. The second-order valence-corrected chi connectivity index (χ2v) is 7.83. The quantitative estimate of drug-likeness (QED) is 0.767. The van der Waals surface area contributed by atoms with Crippen molar-refractivity contribution in [3.63, 3.8) is 0 Å². The Hall–Kier alpha value is -2.66. The van der Waals surface area contributed by atoms with Crippen LogP contribution in [0.5, 0.6) is 0 Å². The zero-order chi connectivity index (χ0) is 19.7. The summed E-state index contributed by atoms with van der Waals surface area (Å²) in [5, 5.41) is 0. The minimum Gasteiger partial charge on any atom is -0.465 e. The van der Waals surface area contributed by atoms with Crippen molar-refractivity contribution in [1.82, 2.24) is 9.80 Å². The summed E-state index contributed by atoms with van der Waals surface area (Å²) in [5.74, 6) is 0.814. The number of fused-ring (bicyclic) bond motifs is 1. The molecule has 0 bridgehead atoms. The standard InChI is InChI=1S/C23H26N2O3/c1-16(26)25-14-20-13-24(12-17-8-10-19(11-9-17)23(27)28-2)15-21(20)22(25)18-6-4-3-5-7-18/h3-11,20-22H,12-15H2,1-2H3/t20-,21-,22+/m1/s1. The fraction of sp³-hybridized carbons (Fsp3) is 0.391. The zero-order valence-corrected chi connectivity index (χ0v) is 16.4. The Morgan fingerprint density at radius 3 is 2.36 bits per heavy atom. The molecule has 146 valence electrons. The van der Waals surface area contributed by atoms with Gasteiger partial charge in [-0.15, -0.1) is 0 Å². The van der Waals surface area contributed by atoms with Gasteiger partial charge in [-0.05, 0) is 29.2 Å². The molecule has 0 spiro atoms. The molecular weight excluding hydrogens is 352 g/mol. The Bertz CT molecular complexity index is 850. The number of hydrogen-bond donors (Lipinski definition) is 0. The molecule has 0 unspecified atom stereocenters. The van der Waals surface area contributed by atoms with Crippen LogP contribution in [0.3, 0.4) is 0 Å². The van der Waals surface area contributed by atoms with Crippen LogP contribution in [0.1, 0.15) is 34.5 Å². The van der Waals surface area contributed by atoms with Crippen molar-refractivity contribution in [1.29, 1.82) is 0 Å². The van der Waals surface area contributed by atoms with Crippen molar-refractivity contribution in [3.05, 3.63) is 71.3 Å². The second-order valence-electron chi connectivity index (χ2n) is 7.83. The molecule has 2 aromatic rings. The van der Waals surface area contributed by atoms with Crippen molar-refractivity contribution in [2.24, 2.45) is 11.8 Å². The lowest BCUT2D eigenvalue weighted by atomic mass is 9.89. The highest BCUT2D eigenvalue weighted by Crippen LogP contribution is 2.45. The Labute approximate surface area is 165 Å². The number of likely N-dealkylation sites (tertiary alicyclic amines) is 2. The predicted molar refractivity (Wildman–Crippen MR) is 107 cm³/mol. The molecule has 2 heterocycles. The normalized spacial score (nSPS) is 24.2. The summed E-state index contributed by atoms with van der Waals surface area (Å²) < 4.78 is 4.76. The molecule has 0 aromatic heterocycles. The van der Waals surface area contributed by atoms with Gasteiger partial charge >= 0.3 is 5.97 Å². The van der Waals surface area contributed by atoms with Gasteiger partial charge in [-0.25, -0.2) is 4.79 Å². The molecule has 0 aliphatic carbocycles. The van der Waals surface area contributed by atoms with E-state index in [1.54, 1.807) is 6.92 Å². The summed E-state index contributed by atoms with van der Waals surface area (Å²) in [4.78, 5) is 28.3. The molecule has 3 atom stereocenters. The van der Waals surface area contributed by atoms with E-state index >= 15 is 0 Å². The Morgan fingerprint density at radius 2 is 1.71 bits per heavy atom. The largest absolute Gasteiger partial charge is 0.465 e. The van der Waals surface area contributed by atoms with Crippen LogP contribution in [0.25, 0.3) is 0 Å². The van der Waals surface area contributed by atoms with Gasteiger partial charge < -0.3 is 9.64 Å². The maximum absolute atomic E-state index is 12.2. The molecule has 5 nitrogen and oxygen atoms in total. The van der Waals surface area contributed by atoms with Crippen molar-refractivity contribution >= 4 is 11.9 Å². The van der Waals surface area contributed by atoms with Gasteiger partial charge in [-0.3, -0.25) is 9.69 Å². The van der Waals surface area contributed by atoms with Gasteiger partial charge in [0.1, 0.15) is 0 Å². The molecule has 5 heteroatoms. The smallest absolute Gasteiger partial charge is 0.337 e. The summed E-state index contributed by atoms with van der Waals surface area (Å²) in [7, 11) is 1.40. The van der Waals surface area contributed by atoms with E-state index in [2.05, 4.69) is 29.2 Å². The van der Waals surface area contributed by atoms with Crippen molar-refractivity contribution < 1.29 is 14.3 Å². The molecule has 2 aliphatic heterocycles. The summed E-state index contributed by atoms with van der Waals surface area (Å²) in [6.07, 6.45) is 0. The SMILES string of the molecule is COC(=O)c1ccc(CN2C[C@@H]3CN(C(C)=O)[C@@H](c4ccccc4)[C@@H]3C2)cc1. The van der Waals surface area contributed by atoms with E-state index < -0.39 is 0 Å². The van der Waals surface area contributed by atoms with Crippen molar-refractivity contribution in [3.8, 4) is 0 Å². The van der Waals surface area contributed by atoms with Crippen LogP contribution in [0.4, 0.5) is 0 Å². The van der Waals surface area contributed by atoms with E-state index in [1.165, 1.54) is 18.2 Å². The number of methoxy groups -OCH3 is 1. The number of ether oxygens (including phenoxy) is 1. The van der Waals surface area contributed by atoms with Crippen LogP contribution in [0, 0.1) is 11.8 Å². The molecule has 2 saturated heterocycles. The lowest BCUT2D eigenvalue weighted by molar-refractivity contribution is -0.130. The Morgan fingerprint density at radius 1 is 1.00 bits per heavy atom. The monoisotopic (exact) mass is 378 g/mol. The maximum Gasteiger partial charge on any atom is 0.337 e. The number of amides is 1. The molecule has 2 aliphatic rings. The van der Waals surface area contributed by atoms with E-state index in [4.69, 9.17) is 4.74 Å². The molecule has 2 fully saturated rings. The fourth-order valence-corrected chi connectivity index (χ4v) is 4.79. The van der Waals surface area contributed by atoms with E-state index in [1.807, 2.05) is 35.2 Å². The van der Waals surface area contributed by atoms with Gasteiger partial charge in [0.25, 0.3) is 0 Å². The number of rotatable bonds is 4. The molecule has 0 saturated carbocycles. The summed E-state index contributed by atoms with van der Waals surface area (Å²) in [6.45, 7) is 5.34. The number of hydrogen-bond acceptors (Lipinski definition) is 4. The van der Waals surface area contributed by atoms with Crippen LogP contribution in [0.15, 0.2) is 54.6 Å². The lowest BCUT2D eigenvalue weighted by Gasteiger charge is -2.29. The van der Waals surface area contributed by atoms with Crippen molar-refractivity contribution in [2.75, 3.05) is 26.7 Å². The third-order valence-corrected chi connectivity index (χ3v) is 6.07. The molecule has 4 rings (SSSR count). The number of carbonyl (C=O) groups is 2. The van der Waals surface area contributed by atoms with Gasteiger partial charge in [0.05, 0.1) is 18.7 Å². The first-order chi connectivity index (χ1) is 13.6. The van der Waals surface area contributed by atoms with Crippen LogP contribution >= 0.6 is 0 Å². The summed E-state index contributed by atoms with van der Waals surface area (Å²) >= 11 is 0. The van der Waals surface area contributed by atoms with E-state index in [9.17, 15) is 9.59 Å².